The summed E-state index contributed by atoms with van der Waals surface area (Å²) in [6.45, 7) is 0. The zero-order chi connectivity index (χ0) is 15.4. The summed E-state index contributed by atoms with van der Waals surface area (Å²) in [5, 5.41) is 18.3. The highest BCUT2D eigenvalue weighted by Crippen LogP contribution is 2.42. The largest absolute Gasteiger partial charge is 0.476 e. The Kier molecular flexibility index (Phi) is 2.47. The lowest BCUT2D eigenvalue weighted by Gasteiger charge is -2.03. The van der Waals surface area contributed by atoms with Crippen LogP contribution in [0.3, 0.4) is 0 Å². The molecule has 7 heteroatoms. The van der Waals surface area contributed by atoms with Crippen molar-refractivity contribution in [3.8, 4) is 0 Å². The Morgan fingerprint density at radius 1 is 1.32 bits per heavy atom. The van der Waals surface area contributed by atoms with Crippen molar-refractivity contribution in [2.24, 2.45) is 0 Å². The van der Waals surface area contributed by atoms with Crippen molar-refractivity contribution in [3.05, 3.63) is 46.5 Å². The third-order valence-corrected chi connectivity index (χ3v) is 4.02. The molecular formula is C15H10FN3O3. The molecule has 0 fully saturated rings. The van der Waals surface area contributed by atoms with Crippen LogP contribution < -0.4 is 5.32 Å². The second-order valence-electron chi connectivity index (χ2n) is 5.23. The predicted octanol–water partition coefficient (Wildman–Crippen LogP) is 2.06. The highest BCUT2D eigenvalue weighted by Gasteiger charge is 2.34. The van der Waals surface area contributed by atoms with E-state index in [-0.39, 0.29) is 11.6 Å². The van der Waals surface area contributed by atoms with Gasteiger partial charge in [-0.3, -0.25) is 9.89 Å². The maximum absolute atomic E-state index is 13.5. The second kappa shape index (κ2) is 4.27. The van der Waals surface area contributed by atoms with Crippen molar-refractivity contribution < 1.29 is 19.1 Å². The number of anilines is 1. The summed E-state index contributed by atoms with van der Waals surface area (Å²) in [5.74, 6) is -1.84. The maximum Gasteiger partial charge on any atom is 0.356 e. The highest BCUT2D eigenvalue weighted by atomic mass is 19.1. The topological polar surface area (TPSA) is 95.1 Å². The van der Waals surface area contributed by atoms with E-state index in [0.29, 0.717) is 46.5 Å². The highest BCUT2D eigenvalue weighted by molar-refractivity contribution is 6.37. The molecule has 0 radical (unpaired) electrons. The Balaban J connectivity index is 1.94. The molecule has 2 heterocycles. The number of carboxylic acid groups (broad SMARTS) is 1. The average molecular weight is 299 g/mol. The SMILES string of the molecule is O=C1Nc2ccc(F)cc2/C1=C1\CCc2c(C(=O)O)n[nH]c21. The Bertz CT molecular complexity index is 882. The summed E-state index contributed by atoms with van der Waals surface area (Å²) >= 11 is 0. The summed E-state index contributed by atoms with van der Waals surface area (Å²) in [6, 6.07) is 4.11. The van der Waals surface area contributed by atoms with Gasteiger partial charge in [-0.05, 0) is 36.6 Å². The lowest BCUT2D eigenvalue weighted by atomic mass is 9.99. The molecule has 1 aliphatic heterocycles. The predicted molar refractivity (Wildman–Crippen MR) is 75.7 cm³/mol. The second-order valence-corrected chi connectivity index (χ2v) is 5.23. The quantitative estimate of drug-likeness (QED) is 0.702. The van der Waals surface area contributed by atoms with E-state index in [1.807, 2.05) is 0 Å². The monoisotopic (exact) mass is 299 g/mol. The van der Waals surface area contributed by atoms with E-state index >= 15 is 0 Å². The molecule has 4 rings (SSSR count). The van der Waals surface area contributed by atoms with E-state index in [1.54, 1.807) is 0 Å². The van der Waals surface area contributed by atoms with Crippen molar-refractivity contribution in [2.45, 2.75) is 12.8 Å². The third kappa shape index (κ3) is 1.62. The number of fused-ring (bicyclic) bond motifs is 2. The Morgan fingerprint density at radius 3 is 2.91 bits per heavy atom. The number of H-pyrrole nitrogens is 1. The van der Waals surface area contributed by atoms with Crippen LogP contribution in [0.5, 0.6) is 0 Å². The number of aromatic nitrogens is 2. The molecule has 0 unspecified atom stereocenters. The summed E-state index contributed by atoms with van der Waals surface area (Å²) < 4.78 is 13.5. The van der Waals surface area contributed by atoms with E-state index < -0.39 is 11.8 Å². The summed E-state index contributed by atoms with van der Waals surface area (Å²) in [4.78, 5) is 23.4. The van der Waals surface area contributed by atoms with Crippen LogP contribution in [0.15, 0.2) is 18.2 Å². The molecule has 1 aromatic carbocycles. The smallest absolute Gasteiger partial charge is 0.356 e. The van der Waals surface area contributed by atoms with E-state index in [9.17, 15) is 14.0 Å². The first-order valence-corrected chi connectivity index (χ1v) is 6.71. The van der Waals surface area contributed by atoms with Crippen molar-refractivity contribution in [1.29, 1.82) is 0 Å². The van der Waals surface area contributed by atoms with Crippen LogP contribution >= 0.6 is 0 Å². The first-order valence-electron chi connectivity index (χ1n) is 6.71. The first-order chi connectivity index (χ1) is 10.6. The van der Waals surface area contributed by atoms with Gasteiger partial charge in [0.25, 0.3) is 5.91 Å². The van der Waals surface area contributed by atoms with Gasteiger partial charge in [-0.2, -0.15) is 5.10 Å². The molecule has 110 valence electrons. The molecule has 0 saturated carbocycles. The number of rotatable bonds is 1. The average Bonchev–Trinajstić information content (AvgIpc) is 3.11. The molecular weight excluding hydrogens is 289 g/mol. The molecule has 2 aromatic rings. The normalized spacial score (nSPS) is 19.0. The number of aromatic carboxylic acids is 1. The number of nitrogens with zero attached hydrogens (tertiary/aromatic N) is 1. The number of hydrogen-bond donors (Lipinski definition) is 3. The van der Waals surface area contributed by atoms with Gasteiger partial charge in [0.05, 0.1) is 11.3 Å². The number of hydrogen-bond acceptors (Lipinski definition) is 3. The van der Waals surface area contributed by atoms with Crippen molar-refractivity contribution in [2.75, 3.05) is 5.32 Å². The summed E-state index contributed by atoms with van der Waals surface area (Å²) in [5.41, 5.74) is 3.24. The minimum Gasteiger partial charge on any atom is -0.476 e. The van der Waals surface area contributed by atoms with Crippen LogP contribution in [-0.4, -0.2) is 27.2 Å². The number of halogens is 1. The number of allylic oxidation sites excluding steroid dienone is 1. The lowest BCUT2D eigenvalue weighted by molar-refractivity contribution is -0.110. The Hall–Kier alpha value is -2.96. The van der Waals surface area contributed by atoms with E-state index in [0.717, 1.165) is 0 Å². The van der Waals surface area contributed by atoms with Gasteiger partial charge in [-0.1, -0.05) is 0 Å². The fraction of sp³-hybridized carbons (Fsp3) is 0.133. The van der Waals surface area contributed by atoms with Gasteiger partial charge < -0.3 is 10.4 Å². The number of aromatic amines is 1. The van der Waals surface area contributed by atoms with Gasteiger partial charge in [0.1, 0.15) is 5.82 Å². The molecule has 1 amide bonds. The fourth-order valence-corrected chi connectivity index (χ4v) is 3.10. The molecule has 1 aliphatic carbocycles. The van der Waals surface area contributed by atoms with Crippen LogP contribution in [0.25, 0.3) is 11.1 Å². The Labute approximate surface area is 123 Å². The molecule has 0 atom stereocenters. The summed E-state index contributed by atoms with van der Waals surface area (Å²) in [7, 11) is 0. The van der Waals surface area contributed by atoms with Gasteiger partial charge in [0.2, 0.25) is 0 Å². The van der Waals surface area contributed by atoms with E-state index in [1.165, 1.54) is 18.2 Å². The molecule has 0 bridgehead atoms. The number of nitrogens with one attached hydrogen (secondary N) is 2. The minimum absolute atomic E-state index is 0.0246. The number of amides is 1. The van der Waals surface area contributed by atoms with E-state index in [2.05, 4.69) is 15.5 Å². The fourth-order valence-electron chi connectivity index (χ4n) is 3.10. The van der Waals surface area contributed by atoms with Gasteiger partial charge in [-0.15, -0.1) is 0 Å². The first kappa shape index (κ1) is 12.8. The zero-order valence-electron chi connectivity index (χ0n) is 11.2. The van der Waals surface area contributed by atoms with Gasteiger partial charge in [0, 0.05) is 16.8 Å². The number of carboxylic acids is 1. The van der Waals surface area contributed by atoms with E-state index in [4.69, 9.17) is 5.11 Å². The standard InChI is InChI=1S/C15H10FN3O3/c16-6-1-4-10-9(5-6)11(14(20)17-10)7-2-3-8-12(7)18-19-13(8)15(21)22/h1,4-5H,2-3H2,(H,17,20)(H,18,19)(H,21,22)/b11-7-. The molecule has 2 aliphatic rings. The van der Waals surface area contributed by atoms with Gasteiger partial charge >= 0.3 is 5.97 Å². The summed E-state index contributed by atoms with van der Waals surface area (Å²) in [6.07, 6.45) is 1.01. The van der Waals surface area contributed by atoms with Crippen molar-refractivity contribution in [1.82, 2.24) is 10.2 Å². The van der Waals surface area contributed by atoms with Gasteiger partial charge in [0.15, 0.2) is 5.69 Å². The lowest BCUT2D eigenvalue weighted by Crippen LogP contribution is -2.05. The Morgan fingerprint density at radius 2 is 2.14 bits per heavy atom. The van der Waals surface area contributed by atoms with Crippen LogP contribution in [0, 0.1) is 5.82 Å². The minimum atomic E-state index is -1.11. The number of carbonyl (C=O) groups is 2. The van der Waals surface area contributed by atoms with Crippen molar-refractivity contribution >= 4 is 28.7 Å². The maximum atomic E-state index is 13.5. The molecule has 0 saturated heterocycles. The molecule has 6 nitrogen and oxygen atoms in total. The van der Waals surface area contributed by atoms with Crippen LogP contribution in [0.4, 0.5) is 10.1 Å². The van der Waals surface area contributed by atoms with Crippen molar-refractivity contribution in [3.63, 3.8) is 0 Å². The molecule has 0 spiro atoms. The van der Waals surface area contributed by atoms with Crippen LogP contribution in [0.2, 0.25) is 0 Å². The number of benzene rings is 1. The third-order valence-electron chi connectivity index (χ3n) is 4.02. The zero-order valence-corrected chi connectivity index (χ0v) is 11.2. The molecule has 22 heavy (non-hydrogen) atoms. The number of carbonyl (C=O) groups excluding carboxylic acids is 1. The van der Waals surface area contributed by atoms with Crippen LogP contribution in [-0.2, 0) is 11.2 Å². The molecule has 1 aromatic heterocycles. The molecule has 3 N–H and O–H groups in total. The van der Waals surface area contributed by atoms with Crippen LogP contribution in [0.1, 0.15) is 33.7 Å². The van der Waals surface area contributed by atoms with Gasteiger partial charge in [-0.25, -0.2) is 9.18 Å².